The van der Waals surface area contributed by atoms with E-state index < -0.39 is 59.5 Å². The molecule has 1 fully saturated rings. The molecule has 4 rings (SSSR count). The summed E-state index contributed by atoms with van der Waals surface area (Å²) in [4.78, 5) is 22.0. The molecule has 252 valence electrons. The van der Waals surface area contributed by atoms with Crippen LogP contribution in [0.2, 0.25) is 0 Å². The van der Waals surface area contributed by atoms with E-state index in [9.17, 15) is 44.3 Å². The lowest BCUT2D eigenvalue weighted by atomic mass is 10.0. The van der Waals surface area contributed by atoms with Crippen LogP contribution < -0.4 is 9.80 Å². The summed E-state index contributed by atoms with van der Waals surface area (Å²) in [5, 5.41) is 15.0. The molecule has 0 aliphatic heterocycles. The molecule has 0 amide bonds. The average molecular weight is 667 g/mol. The number of carboxylic acids is 1. The quantitative estimate of drug-likeness (QED) is 0.181. The standard InChI is InChI=1S/C29H31F9N6O2/c1-3-8-43(14-17-4-5-17)25-23(24(41-42-25)29(36,37)38)16(2)44(26-39-12-18(13-40-26)6-7-22(45)46)15-19-9-20(27(30,31)32)11-21(10-19)28(33,34)35/h9-13,16-17H,3-8,14-15H2,1-2H3,(H,41,42)(H,45,46). The number of H-pyrrole nitrogens is 1. The first-order valence-electron chi connectivity index (χ1n) is 14.4. The molecule has 0 radical (unpaired) electrons. The Kier molecular flexibility index (Phi) is 10.1. The molecule has 1 saturated carbocycles. The van der Waals surface area contributed by atoms with Crippen LogP contribution in [0.15, 0.2) is 30.6 Å². The second-order valence-electron chi connectivity index (χ2n) is 11.2. The summed E-state index contributed by atoms with van der Waals surface area (Å²) in [6.45, 7) is 3.15. The highest BCUT2D eigenvalue weighted by Crippen LogP contribution is 2.43. The maximum absolute atomic E-state index is 14.4. The van der Waals surface area contributed by atoms with Crippen LogP contribution in [0.3, 0.4) is 0 Å². The van der Waals surface area contributed by atoms with Crippen molar-refractivity contribution in [1.29, 1.82) is 0 Å². The summed E-state index contributed by atoms with van der Waals surface area (Å²) in [5.41, 5.74) is -4.94. The third-order valence-corrected chi connectivity index (χ3v) is 7.50. The van der Waals surface area contributed by atoms with Crippen LogP contribution >= 0.6 is 0 Å². The maximum atomic E-state index is 14.4. The summed E-state index contributed by atoms with van der Waals surface area (Å²) in [6, 6.07) is -0.430. The van der Waals surface area contributed by atoms with Crippen LogP contribution in [-0.2, 0) is 36.3 Å². The van der Waals surface area contributed by atoms with E-state index in [2.05, 4.69) is 20.2 Å². The van der Waals surface area contributed by atoms with E-state index >= 15 is 0 Å². The van der Waals surface area contributed by atoms with E-state index in [1.807, 2.05) is 6.92 Å². The number of halogens is 9. The van der Waals surface area contributed by atoms with Crippen molar-refractivity contribution in [2.24, 2.45) is 5.92 Å². The Hall–Kier alpha value is -4.05. The number of nitrogens with one attached hydrogen (secondary N) is 1. The molecule has 1 aliphatic rings. The minimum absolute atomic E-state index is 0.00494. The Labute approximate surface area is 257 Å². The summed E-state index contributed by atoms with van der Waals surface area (Å²) in [6.07, 6.45) is -10.8. The number of hydrogen-bond acceptors (Lipinski definition) is 6. The summed E-state index contributed by atoms with van der Waals surface area (Å²) < 4.78 is 125. The van der Waals surface area contributed by atoms with Gasteiger partial charge in [0.15, 0.2) is 5.82 Å². The molecule has 1 aromatic carbocycles. The Morgan fingerprint density at radius 3 is 2.02 bits per heavy atom. The number of aromatic amines is 1. The van der Waals surface area contributed by atoms with Gasteiger partial charge in [-0.1, -0.05) is 6.92 Å². The third-order valence-electron chi connectivity index (χ3n) is 7.50. The lowest BCUT2D eigenvalue weighted by Gasteiger charge is -2.33. The van der Waals surface area contributed by atoms with Crippen LogP contribution in [-0.4, -0.2) is 44.3 Å². The number of aliphatic carboxylic acids is 1. The monoisotopic (exact) mass is 666 g/mol. The fourth-order valence-electron chi connectivity index (χ4n) is 5.08. The van der Waals surface area contributed by atoms with E-state index in [0.29, 0.717) is 37.2 Å². The number of carbonyl (C=O) groups is 1. The van der Waals surface area contributed by atoms with Crippen LogP contribution in [0.4, 0.5) is 51.3 Å². The highest BCUT2D eigenvalue weighted by Gasteiger charge is 2.42. The van der Waals surface area contributed by atoms with Gasteiger partial charge >= 0.3 is 24.5 Å². The number of anilines is 2. The van der Waals surface area contributed by atoms with Crippen molar-refractivity contribution in [3.63, 3.8) is 0 Å². The Bertz CT molecular complexity index is 1470. The highest BCUT2D eigenvalue weighted by atomic mass is 19.4. The molecular weight excluding hydrogens is 635 g/mol. The van der Waals surface area contributed by atoms with Gasteiger partial charge in [0.25, 0.3) is 0 Å². The number of aryl methyl sites for hydroxylation is 1. The second kappa shape index (κ2) is 13.4. The molecular formula is C29H31F9N6O2. The van der Waals surface area contributed by atoms with Crippen LogP contribution in [0.5, 0.6) is 0 Å². The molecule has 17 heteroatoms. The smallest absolute Gasteiger partial charge is 0.433 e. The average Bonchev–Trinajstić information content (AvgIpc) is 3.66. The first-order chi connectivity index (χ1) is 21.4. The fourth-order valence-corrected chi connectivity index (χ4v) is 5.08. The number of aromatic nitrogens is 4. The van der Waals surface area contributed by atoms with Gasteiger partial charge in [0, 0.05) is 44.0 Å². The van der Waals surface area contributed by atoms with Gasteiger partial charge in [-0.15, -0.1) is 0 Å². The van der Waals surface area contributed by atoms with Crippen molar-refractivity contribution >= 4 is 17.7 Å². The van der Waals surface area contributed by atoms with Gasteiger partial charge in [-0.05, 0) is 67.9 Å². The van der Waals surface area contributed by atoms with Crippen LogP contribution in [0.1, 0.15) is 79.1 Å². The molecule has 46 heavy (non-hydrogen) atoms. The van der Waals surface area contributed by atoms with Crippen molar-refractivity contribution < 1.29 is 49.4 Å². The minimum Gasteiger partial charge on any atom is -0.481 e. The van der Waals surface area contributed by atoms with Crippen molar-refractivity contribution in [1.82, 2.24) is 20.2 Å². The van der Waals surface area contributed by atoms with Gasteiger partial charge in [0.05, 0.1) is 17.2 Å². The number of carboxylic acid groups (broad SMARTS) is 1. The molecule has 0 saturated heterocycles. The lowest BCUT2D eigenvalue weighted by Crippen LogP contribution is -2.33. The predicted octanol–water partition coefficient (Wildman–Crippen LogP) is 7.67. The van der Waals surface area contributed by atoms with Crippen molar-refractivity contribution in [2.45, 2.75) is 77.1 Å². The summed E-state index contributed by atoms with van der Waals surface area (Å²) in [7, 11) is 0. The number of alkyl halides is 9. The van der Waals surface area contributed by atoms with Gasteiger partial charge in [0.1, 0.15) is 5.69 Å². The lowest BCUT2D eigenvalue weighted by molar-refractivity contribution is -0.144. The molecule has 2 N–H and O–H groups in total. The summed E-state index contributed by atoms with van der Waals surface area (Å²) in [5.74, 6) is -1.22. The molecule has 1 aliphatic carbocycles. The second-order valence-corrected chi connectivity index (χ2v) is 11.2. The van der Waals surface area contributed by atoms with E-state index in [1.165, 1.54) is 19.3 Å². The Morgan fingerprint density at radius 2 is 1.54 bits per heavy atom. The zero-order chi connectivity index (χ0) is 34.0. The predicted molar refractivity (Wildman–Crippen MR) is 148 cm³/mol. The molecule has 3 aromatic rings. The molecule has 2 heterocycles. The molecule has 1 atom stereocenters. The number of rotatable bonds is 13. The first-order valence-corrected chi connectivity index (χ1v) is 14.4. The highest BCUT2D eigenvalue weighted by molar-refractivity contribution is 5.67. The molecule has 0 bridgehead atoms. The number of benzene rings is 1. The van der Waals surface area contributed by atoms with Crippen molar-refractivity contribution in [3.05, 3.63) is 64.1 Å². The molecule has 2 aromatic heterocycles. The third kappa shape index (κ3) is 8.60. The number of hydrogen-bond donors (Lipinski definition) is 2. The van der Waals surface area contributed by atoms with E-state index in [4.69, 9.17) is 5.11 Å². The molecule has 8 nitrogen and oxygen atoms in total. The zero-order valence-corrected chi connectivity index (χ0v) is 24.7. The SMILES string of the molecule is CCCN(CC1CC1)c1n[nH]c(C(F)(F)F)c1C(C)N(Cc1cc(C(F)(F)F)cc(C(F)(F)F)c1)c1ncc(CCC(=O)O)cn1. The van der Waals surface area contributed by atoms with E-state index in [-0.39, 0.29) is 42.2 Å². The van der Waals surface area contributed by atoms with E-state index in [1.54, 1.807) is 4.90 Å². The van der Waals surface area contributed by atoms with Gasteiger partial charge in [-0.3, -0.25) is 9.89 Å². The maximum Gasteiger partial charge on any atom is 0.433 e. The molecule has 0 spiro atoms. The zero-order valence-electron chi connectivity index (χ0n) is 24.7. The number of nitrogens with zero attached hydrogens (tertiary/aromatic N) is 5. The topological polar surface area (TPSA) is 98.2 Å². The van der Waals surface area contributed by atoms with Gasteiger partial charge < -0.3 is 14.9 Å². The minimum atomic E-state index is -5.15. The van der Waals surface area contributed by atoms with Crippen molar-refractivity contribution in [2.75, 3.05) is 22.9 Å². The summed E-state index contributed by atoms with van der Waals surface area (Å²) >= 11 is 0. The Balaban J connectivity index is 1.86. The Morgan fingerprint density at radius 1 is 0.957 bits per heavy atom. The molecule has 1 unspecified atom stereocenters. The van der Waals surface area contributed by atoms with Gasteiger partial charge in [-0.25, -0.2) is 9.97 Å². The fraction of sp³-hybridized carbons (Fsp3) is 0.517. The van der Waals surface area contributed by atoms with Gasteiger partial charge in [0.2, 0.25) is 5.95 Å². The largest absolute Gasteiger partial charge is 0.481 e. The first kappa shape index (κ1) is 34.8. The normalized spacial score (nSPS) is 14.8. The van der Waals surface area contributed by atoms with Crippen LogP contribution in [0.25, 0.3) is 0 Å². The van der Waals surface area contributed by atoms with Crippen LogP contribution in [0, 0.1) is 5.92 Å². The van der Waals surface area contributed by atoms with Gasteiger partial charge in [-0.2, -0.15) is 44.6 Å². The van der Waals surface area contributed by atoms with E-state index in [0.717, 1.165) is 17.7 Å². The van der Waals surface area contributed by atoms with Crippen molar-refractivity contribution in [3.8, 4) is 0 Å².